The van der Waals surface area contributed by atoms with E-state index < -0.39 is 11.5 Å². The van der Waals surface area contributed by atoms with Gasteiger partial charge in [-0.05, 0) is 55.3 Å². The first-order chi connectivity index (χ1) is 14.6. The number of ether oxygens (including phenoxy) is 2. The molecule has 156 valence electrons. The second kappa shape index (κ2) is 10.5. The third kappa shape index (κ3) is 5.89. The number of hydrogen-bond donors (Lipinski definition) is 2. The maximum Gasteiger partial charge on any atom is 0.261 e. The van der Waals surface area contributed by atoms with Crippen LogP contribution in [0.5, 0.6) is 0 Å². The summed E-state index contributed by atoms with van der Waals surface area (Å²) in [6.07, 6.45) is 0. The summed E-state index contributed by atoms with van der Waals surface area (Å²) in [4.78, 5) is 27.9. The average Bonchev–Trinajstić information content (AvgIpc) is 2.73. The molecule has 0 radical (unpaired) electrons. The summed E-state index contributed by atoms with van der Waals surface area (Å²) in [5.74, 6) is -0.457. The third-order valence-electron chi connectivity index (χ3n) is 4.51. The van der Waals surface area contributed by atoms with E-state index in [1.165, 1.54) is 0 Å². The second-order valence-electron chi connectivity index (χ2n) is 6.89. The van der Waals surface area contributed by atoms with Crippen LogP contribution in [0.1, 0.15) is 28.4 Å². The predicted molar refractivity (Wildman–Crippen MR) is 118 cm³/mol. The smallest absolute Gasteiger partial charge is 0.261 e. The molecule has 0 aliphatic heterocycles. The largest absolute Gasteiger partial charge is 0.379 e. The molecule has 1 amide bonds. The first-order valence-corrected chi connectivity index (χ1v) is 9.93. The molecule has 0 saturated heterocycles. The van der Waals surface area contributed by atoms with E-state index in [2.05, 4.69) is 10.3 Å². The Morgan fingerprint density at radius 2 is 1.80 bits per heavy atom. The molecule has 0 atom stereocenters. The highest BCUT2D eigenvalue weighted by molar-refractivity contribution is 6.04. The van der Waals surface area contributed by atoms with Gasteiger partial charge in [-0.2, -0.15) is 0 Å². The Labute approximate surface area is 175 Å². The number of aryl methyl sites for hydroxylation is 1. The van der Waals surface area contributed by atoms with Crippen LogP contribution in [0.4, 0.5) is 5.69 Å². The van der Waals surface area contributed by atoms with Crippen LogP contribution in [0.2, 0.25) is 0 Å². The summed E-state index contributed by atoms with van der Waals surface area (Å²) < 4.78 is 10.8. The van der Waals surface area contributed by atoms with Crippen molar-refractivity contribution in [1.29, 1.82) is 0 Å². The third-order valence-corrected chi connectivity index (χ3v) is 4.51. The molecular weight excluding hydrogens is 380 g/mol. The van der Waals surface area contributed by atoms with Crippen molar-refractivity contribution in [2.75, 3.05) is 25.1 Å². The molecule has 30 heavy (non-hydrogen) atoms. The molecule has 2 aromatic carbocycles. The summed E-state index contributed by atoms with van der Waals surface area (Å²) in [6, 6.07) is 18.5. The highest BCUT2D eigenvalue weighted by Crippen LogP contribution is 2.17. The van der Waals surface area contributed by atoms with Gasteiger partial charge >= 0.3 is 0 Å². The highest BCUT2D eigenvalue weighted by atomic mass is 16.5. The van der Waals surface area contributed by atoms with Gasteiger partial charge < -0.3 is 19.8 Å². The maximum atomic E-state index is 12.6. The Morgan fingerprint density at radius 3 is 2.57 bits per heavy atom. The first-order valence-electron chi connectivity index (χ1n) is 9.93. The summed E-state index contributed by atoms with van der Waals surface area (Å²) >= 11 is 0. The van der Waals surface area contributed by atoms with Gasteiger partial charge in [0.15, 0.2) is 0 Å². The van der Waals surface area contributed by atoms with Gasteiger partial charge in [0.05, 0.1) is 19.8 Å². The van der Waals surface area contributed by atoms with E-state index in [0.717, 1.165) is 16.7 Å². The fourth-order valence-electron chi connectivity index (χ4n) is 3.02. The monoisotopic (exact) mass is 406 g/mol. The van der Waals surface area contributed by atoms with Gasteiger partial charge in [0.2, 0.25) is 0 Å². The van der Waals surface area contributed by atoms with Crippen LogP contribution >= 0.6 is 0 Å². The standard InChI is InChI=1S/C24H26N2O4/c1-3-29-12-13-30-16-18-7-5-9-20(15-18)25-23(27)21-10-11-22(26-24(21)28)19-8-4-6-17(2)14-19/h4-11,14-15H,3,12-13,16H2,1-2H3,(H,25,27)(H,26,28). The number of aromatic amines is 1. The van der Waals surface area contributed by atoms with Gasteiger partial charge in [-0.1, -0.05) is 35.9 Å². The molecule has 0 fully saturated rings. The number of H-pyrrole nitrogens is 1. The summed E-state index contributed by atoms with van der Waals surface area (Å²) in [5, 5.41) is 2.78. The van der Waals surface area contributed by atoms with Crippen molar-refractivity contribution in [3.8, 4) is 11.3 Å². The van der Waals surface area contributed by atoms with E-state index in [0.29, 0.717) is 37.8 Å². The molecule has 6 heteroatoms. The lowest BCUT2D eigenvalue weighted by molar-refractivity contribution is 0.0453. The normalized spacial score (nSPS) is 10.7. The molecular formula is C24H26N2O4. The van der Waals surface area contributed by atoms with Gasteiger partial charge in [0.1, 0.15) is 5.56 Å². The van der Waals surface area contributed by atoms with Crippen LogP contribution in [0, 0.1) is 6.92 Å². The summed E-state index contributed by atoms with van der Waals surface area (Å²) in [7, 11) is 0. The van der Waals surface area contributed by atoms with Crippen LogP contribution in [0.25, 0.3) is 11.3 Å². The molecule has 1 aromatic heterocycles. The number of amides is 1. The van der Waals surface area contributed by atoms with Crippen molar-refractivity contribution in [2.45, 2.75) is 20.5 Å². The first kappa shape index (κ1) is 21.5. The molecule has 0 unspecified atom stereocenters. The van der Waals surface area contributed by atoms with Crippen molar-refractivity contribution in [3.63, 3.8) is 0 Å². The van der Waals surface area contributed by atoms with Crippen LogP contribution in [-0.4, -0.2) is 30.7 Å². The van der Waals surface area contributed by atoms with Crippen molar-refractivity contribution < 1.29 is 14.3 Å². The number of anilines is 1. The number of carbonyl (C=O) groups is 1. The highest BCUT2D eigenvalue weighted by Gasteiger charge is 2.12. The Balaban J connectivity index is 1.66. The minimum atomic E-state index is -0.457. The van der Waals surface area contributed by atoms with Gasteiger partial charge in [0, 0.05) is 18.0 Å². The zero-order chi connectivity index (χ0) is 21.3. The van der Waals surface area contributed by atoms with E-state index in [9.17, 15) is 9.59 Å². The van der Waals surface area contributed by atoms with Gasteiger partial charge in [-0.3, -0.25) is 9.59 Å². The fraction of sp³-hybridized carbons (Fsp3) is 0.250. The Kier molecular flexibility index (Phi) is 7.54. The molecule has 3 aromatic rings. The Hall–Kier alpha value is -3.22. The van der Waals surface area contributed by atoms with Crippen LogP contribution < -0.4 is 10.9 Å². The lowest BCUT2D eigenvalue weighted by atomic mass is 10.1. The number of benzene rings is 2. The molecule has 0 saturated carbocycles. The molecule has 3 rings (SSSR count). The Bertz CT molecular complexity index is 1060. The number of carbonyl (C=O) groups excluding carboxylic acids is 1. The van der Waals surface area contributed by atoms with Crippen LogP contribution in [-0.2, 0) is 16.1 Å². The molecule has 0 aliphatic carbocycles. The number of hydrogen-bond acceptors (Lipinski definition) is 4. The predicted octanol–water partition coefficient (Wildman–Crippen LogP) is 4.16. The number of nitrogens with one attached hydrogen (secondary N) is 2. The van der Waals surface area contributed by atoms with E-state index in [4.69, 9.17) is 9.47 Å². The topological polar surface area (TPSA) is 80.4 Å². The second-order valence-corrected chi connectivity index (χ2v) is 6.89. The van der Waals surface area contributed by atoms with E-state index in [1.807, 2.05) is 56.3 Å². The Morgan fingerprint density at radius 1 is 1.00 bits per heavy atom. The summed E-state index contributed by atoms with van der Waals surface area (Å²) in [6.45, 7) is 6.06. The fourth-order valence-corrected chi connectivity index (χ4v) is 3.02. The summed E-state index contributed by atoms with van der Waals surface area (Å²) in [5.41, 5.74) is 3.83. The van der Waals surface area contributed by atoms with Crippen molar-refractivity contribution in [1.82, 2.24) is 4.98 Å². The molecule has 6 nitrogen and oxygen atoms in total. The van der Waals surface area contributed by atoms with Crippen LogP contribution in [0.15, 0.2) is 65.5 Å². The zero-order valence-electron chi connectivity index (χ0n) is 17.2. The van der Waals surface area contributed by atoms with Crippen LogP contribution in [0.3, 0.4) is 0 Å². The van der Waals surface area contributed by atoms with Gasteiger partial charge in [-0.25, -0.2) is 0 Å². The SMILES string of the molecule is CCOCCOCc1cccc(NC(=O)c2ccc(-c3cccc(C)c3)[nH]c2=O)c1. The van der Waals surface area contributed by atoms with E-state index >= 15 is 0 Å². The van der Waals surface area contributed by atoms with Gasteiger partial charge in [0.25, 0.3) is 11.5 Å². The molecule has 0 bridgehead atoms. The zero-order valence-corrected chi connectivity index (χ0v) is 17.2. The number of aromatic nitrogens is 1. The lowest BCUT2D eigenvalue weighted by Gasteiger charge is -2.09. The van der Waals surface area contributed by atoms with Crippen molar-refractivity contribution in [2.24, 2.45) is 0 Å². The van der Waals surface area contributed by atoms with Gasteiger partial charge in [-0.15, -0.1) is 0 Å². The van der Waals surface area contributed by atoms with E-state index in [-0.39, 0.29) is 5.56 Å². The number of pyridine rings is 1. The lowest BCUT2D eigenvalue weighted by Crippen LogP contribution is -2.23. The van der Waals surface area contributed by atoms with Crippen molar-refractivity contribution in [3.05, 3.63) is 87.7 Å². The van der Waals surface area contributed by atoms with E-state index in [1.54, 1.807) is 18.2 Å². The average molecular weight is 406 g/mol. The molecule has 0 spiro atoms. The molecule has 0 aliphatic rings. The molecule has 2 N–H and O–H groups in total. The minimum Gasteiger partial charge on any atom is -0.379 e. The quantitative estimate of drug-likeness (QED) is 0.523. The maximum absolute atomic E-state index is 12.6. The number of rotatable bonds is 9. The molecule has 1 heterocycles. The van der Waals surface area contributed by atoms with Crippen molar-refractivity contribution >= 4 is 11.6 Å². The minimum absolute atomic E-state index is 0.0600.